The van der Waals surface area contributed by atoms with Crippen LogP contribution in [0.4, 0.5) is 11.1 Å². The van der Waals surface area contributed by atoms with Crippen LogP contribution < -0.4 is 11.1 Å². The number of hydrogen-bond acceptors (Lipinski definition) is 9. The Kier molecular flexibility index (Phi) is 5.59. The molecular formula is C12H12N6OS3. The Morgan fingerprint density at radius 3 is 2.77 bits per heavy atom. The molecule has 7 nitrogen and oxygen atoms in total. The molecule has 114 valence electrons. The minimum atomic E-state index is -0.217. The van der Waals surface area contributed by atoms with Gasteiger partial charge in [-0.05, 0) is 13.2 Å². The Bertz CT molecular complexity index is 739. The van der Waals surface area contributed by atoms with Crippen molar-refractivity contribution < 1.29 is 4.79 Å². The first-order valence-electron chi connectivity index (χ1n) is 6.00. The van der Waals surface area contributed by atoms with Gasteiger partial charge in [0.25, 0.3) is 0 Å². The Morgan fingerprint density at radius 1 is 1.45 bits per heavy atom. The van der Waals surface area contributed by atoms with Crippen molar-refractivity contribution in [2.45, 2.75) is 17.0 Å². The molecule has 0 atom stereocenters. The second-order valence-electron chi connectivity index (χ2n) is 4.01. The lowest BCUT2D eigenvalue weighted by Crippen LogP contribution is -2.14. The fourth-order valence-corrected chi connectivity index (χ4v) is 3.57. The third kappa shape index (κ3) is 4.09. The van der Waals surface area contributed by atoms with E-state index in [0.717, 1.165) is 17.5 Å². The number of aromatic nitrogens is 3. The number of nitrogens with two attached hydrogens (primary N) is 1. The van der Waals surface area contributed by atoms with Gasteiger partial charge in [0, 0.05) is 5.38 Å². The molecular weight excluding hydrogens is 340 g/mol. The fourth-order valence-electron chi connectivity index (χ4n) is 1.48. The number of aryl methyl sites for hydroxylation is 1. The van der Waals surface area contributed by atoms with Crippen molar-refractivity contribution in [3.05, 3.63) is 16.6 Å². The number of thiazole rings is 1. The van der Waals surface area contributed by atoms with Gasteiger partial charge in [-0.1, -0.05) is 11.8 Å². The van der Waals surface area contributed by atoms with Crippen molar-refractivity contribution in [2.75, 3.05) is 23.1 Å². The molecule has 10 heteroatoms. The third-order valence-electron chi connectivity index (χ3n) is 2.37. The number of anilines is 2. The summed E-state index contributed by atoms with van der Waals surface area (Å²) in [5.41, 5.74) is 6.82. The van der Waals surface area contributed by atoms with E-state index in [4.69, 9.17) is 5.73 Å². The molecule has 0 aliphatic carbocycles. The first-order chi connectivity index (χ1) is 10.5. The van der Waals surface area contributed by atoms with Crippen LogP contribution in [0.3, 0.4) is 0 Å². The van der Waals surface area contributed by atoms with Gasteiger partial charge in [-0.25, -0.2) is 15.0 Å². The highest BCUT2D eigenvalue weighted by molar-refractivity contribution is 8.00. The van der Waals surface area contributed by atoms with Gasteiger partial charge >= 0.3 is 0 Å². The highest BCUT2D eigenvalue weighted by Gasteiger charge is 2.15. The number of carbonyl (C=O) groups is 1. The molecule has 0 aliphatic rings. The smallest absolute Gasteiger partial charge is 0.236 e. The minimum Gasteiger partial charge on any atom is -0.368 e. The van der Waals surface area contributed by atoms with E-state index in [0.29, 0.717) is 20.7 Å². The van der Waals surface area contributed by atoms with E-state index >= 15 is 0 Å². The van der Waals surface area contributed by atoms with E-state index in [1.54, 1.807) is 6.26 Å². The molecule has 0 bridgehead atoms. The lowest BCUT2D eigenvalue weighted by Gasteiger charge is -2.07. The molecule has 2 aromatic heterocycles. The van der Waals surface area contributed by atoms with Crippen molar-refractivity contribution in [3.63, 3.8) is 0 Å². The summed E-state index contributed by atoms with van der Waals surface area (Å²) in [6.07, 6.45) is 1.80. The number of carbonyl (C=O) groups excluding carboxylic acids is 1. The zero-order valence-electron chi connectivity index (χ0n) is 11.8. The SMILES string of the molecule is CSc1nc(N)nc(SCC(=O)Nc2nc(C)cs2)c1C#N. The number of amides is 1. The van der Waals surface area contributed by atoms with Gasteiger partial charge in [0.15, 0.2) is 5.13 Å². The lowest BCUT2D eigenvalue weighted by molar-refractivity contribution is -0.113. The van der Waals surface area contributed by atoms with Crippen LogP contribution >= 0.6 is 34.9 Å². The zero-order chi connectivity index (χ0) is 16.1. The summed E-state index contributed by atoms with van der Waals surface area (Å²) in [7, 11) is 0. The molecule has 0 aromatic carbocycles. The highest BCUT2D eigenvalue weighted by Crippen LogP contribution is 2.27. The molecule has 0 saturated heterocycles. The summed E-state index contributed by atoms with van der Waals surface area (Å²) in [6, 6.07) is 2.05. The van der Waals surface area contributed by atoms with Crippen molar-refractivity contribution in [1.29, 1.82) is 5.26 Å². The van der Waals surface area contributed by atoms with E-state index in [9.17, 15) is 10.1 Å². The van der Waals surface area contributed by atoms with Gasteiger partial charge in [0.05, 0.1) is 11.4 Å². The second kappa shape index (κ2) is 7.44. The number of hydrogen-bond donors (Lipinski definition) is 2. The Labute approximate surface area is 139 Å². The van der Waals surface area contributed by atoms with Crippen LogP contribution in [0.15, 0.2) is 15.4 Å². The Hall–Kier alpha value is -1.83. The summed E-state index contributed by atoms with van der Waals surface area (Å²) in [4.78, 5) is 24.1. The largest absolute Gasteiger partial charge is 0.368 e. The zero-order valence-corrected chi connectivity index (χ0v) is 14.2. The molecule has 0 unspecified atom stereocenters. The van der Waals surface area contributed by atoms with E-state index < -0.39 is 0 Å². The molecule has 0 spiro atoms. The van der Waals surface area contributed by atoms with Crippen LogP contribution in [0.25, 0.3) is 0 Å². The number of nitrogens with one attached hydrogen (secondary N) is 1. The molecule has 3 N–H and O–H groups in total. The van der Waals surface area contributed by atoms with Gasteiger partial charge in [-0.3, -0.25) is 4.79 Å². The van der Waals surface area contributed by atoms with Crippen LogP contribution in [-0.4, -0.2) is 32.9 Å². The van der Waals surface area contributed by atoms with E-state index in [1.165, 1.54) is 23.1 Å². The molecule has 2 rings (SSSR count). The molecule has 0 saturated carbocycles. The third-order valence-corrected chi connectivity index (χ3v) is 4.90. The van der Waals surface area contributed by atoms with Gasteiger partial charge in [-0.2, -0.15) is 5.26 Å². The number of nitrogen functional groups attached to an aromatic ring is 1. The topological polar surface area (TPSA) is 118 Å². The van der Waals surface area contributed by atoms with Crippen LogP contribution in [0.1, 0.15) is 11.3 Å². The van der Waals surface area contributed by atoms with Crippen molar-refractivity contribution >= 4 is 51.8 Å². The van der Waals surface area contributed by atoms with Crippen LogP contribution in [0.2, 0.25) is 0 Å². The van der Waals surface area contributed by atoms with Crippen molar-refractivity contribution in [2.24, 2.45) is 0 Å². The molecule has 0 radical (unpaired) electrons. The standard InChI is InChI=1S/C12H12N6OS3/c1-6-4-22-12(15-6)16-8(19)5-21-10-7(3-13)9(20-2)17-11(14)18-10/h4H,5H2,1-2H3,(H2,14,17,18)(H,15,16,19). The first-order valence-corrected chi connectivity index (χ1v) is 9.09. The maximum absolute atomic E-state index is 11.9. The maximum Gasteiger partial charge on any atom is 0.236 e. The fraction of sp³-hybridized carbons (Fsp3) is 0.250. The average molecular weight is 352 g/mol. The van der Waals surface area contributed by atoms with Crippen LogP contribution in [-0.2, 0) is 4.79 Å². The number of nitrogens with zero attached hydrogens (tertiary/aromatic N) is 4. The quantitative estimate of drug-likeness (QED) is 0.621. The van der Waals surface area contributed by atoms with Crippen molar-refractivity contribution in [1.82, 2.24) is 15.0 Å². The highest BCUT2D eigenvalue weighted by atomic mass is 32.2. The van der Waals surface area contributed by atoms with E-state index in [1.807, 2.05) is 12.3 Å². The monoisotopic (exact) mass is 352 g/mol. The van der Waals surface area contributed by atoms with Crippen LogP contribution in [0.5, 0.6) is 0 Å². The molecule has 22 heavy (non-hydrogen) atoms. The van der Waals surface area contributed by atoms with Gasteiger partial charge in [0.2, 0.25) is 11.9 Å². The number of thioether (sulfide) groups is 2. The molecule has 1 amide bonds. The predicted octanol–water partition coefficient (Wildman–Crippen LogP) is 2.15. The van der Waals surface area contributed by atoms with Gasteiger partial charge < -0.3 is 11.1 Å². The lowest BCUT2D eigenvalue weighted by atomic mass is 10.4. The molecule has 2 heterocycles. The normalized spacial score (nSPS) is 10.2. The molecule has 0 aliphatic heterocycles. The predicted molar refractivity (Wildman–Crippen MR) is 89.1 cm³/mol. The molecule has 2 aromatic rings. The summed E-state index contributed by atoms with van der Waals surface area (Å²) < 4.78 is 0. The summed E-state index contributed by atoms with van der Waals surface area (Å²) in [5, 5.41) is 15.2. The van der Waals surface area contributed by atoms with Crippen molar-refractivity contribution in [3.8, 4) is 6.07 Å². The minimum absolute atomic E-state index is 0.0850. The van der Waals surface area contributed by atoms with E-state index in [2.05, 4.69) is 26.3 Å². The maximum atomic E-state index is 11.9. The number of nitriles is 1. The second-order valence-corrected chi connectivity index (χ2v) is 6.63. The Morgan fingerprint density at radius 2 is 2.18 bits per heavy atom. The van der Waals surface area contributed by atoms with Gasteiger partial charge in [0.1, 0.15) is 21.7 Å². The van der Waals surface area contributed by atoms with E-state index in [-0.39, 0.29) is 17.6 Å². The summed E-state index contributed by atoms with van der Waals surface area (Å²) in [5.74, 6) is -0.0228. The average Bonchev–Trinajstić information content (AvgIpc) is 2.89. The first kappa shape index (κ1) is 16.5. The number of rotatable bonds is 5. The van der Waals surface area contributed by atoms with Crippen LogP contribution in [0, 0.1) is 18.3 Å². The Balaban J connectivity index is 2.06. The summed E-state index contributed by atoms with van der Waals surface area (Å²) >= 11 is 3.82. The molecule has 0 fully saturated rings. The van der Waals surface area contributed by atoms with Gasteiger partial charge in [-0.15, -0.1) is 23.1 Å². The summed E-state index contributed by atoms with van der Waals surface area (Å²) in [6.45, 7) is 1.85.